The Hall–Kier alpha value is -0.760. The first kappa shape index (κ1) is 12.7. The molecule has 1 unspecified atom stereocenters. The highest BCUT2D eigenvalue weighted by Gasteiger charge is 2.30. The van der Waals surface area contributed by atoms with Crippen LogP contribution in [0.5, 0.6) is 0 Å². The smallest absolute Gasteiger partial charge is 0.117 e. The third-order valence-corrected chi connectivity index (χ3v) is 3.58. The van der Waals surface area contributed by atoms with Crippen LogP contribution in [0.1, 0.15) is 51.1 Å². The molecule has 1 saturated carbocycles. The maximum Gasteiger partial charge on any atom is 0.117 e. The highest BCUT2D eigenvalue weighted by molar-refractivity contribution is 5.05. The van der Waals surface area contributed by atoms with E-state index >= 15 is 0 Å². The van der Waals surface area contributed by atoms with E-state index in [4.69, 9.17) is 4.42 Å². The molecule has 2 nitrogen and oxygen atoms in total. The van der Waals surface area contributed by atoms with Gasteiger partial charge in [-0.05, 0) is 56.6 Å². The molecule has 1 aromatic heterocycles. The van der Waals surface area contributed by atoms with E-state index in [1.807, 2.05) is 13.0 Å². The summed E-state index contributed by atoms with van der Waals surface area (Å²) >= 11 is 0. The van der Waals surface area contributed by atoms with E-state index in [9.17, 15) is 0 Å². The van der Waals surface area contributed by atoms with Crippen molar-refractivity contribution in [1.29, 1.82) is 0 Å². The molecule has 1 aliphatic rings. The summed E-state index contributed by atoms with van der Waals surface area (Å²) < 4.78 is 5.60. The largest absolute Gasteiger partial charge is 0.465 e. The van der Waals surface area contributed by atoms with Gasteiger partial charge >= 0.3 is 0 Å². The van der Waals surface area contributed by atoms with Crippen LogP contribution in [-0.4, -0.2) is 6.04 Å². The molecule has 0 aromatic carbocycles. The summed E-state index contributed by atoms with van der Waals surface area (Å²) in [7, 11) is 0. The van der Waals surface area contributed by atoms with Crippen LogP contribution in [0.3, 0.4) is 0 Å². The van der Waals surface area contributed by atoms with Gasteiger partial charge in [-0.1, -0.05) is 13.8 Å². The lowest BCUT2D eigenvalue weighted by Crippen LogP contribution is -2.30. The molecular formula is C15H25NO. The van der Waals surface area contributed by atoms with Crippen LogP contribution >= 0.6 is 0 Å². The molecule has 17 heavy (non-hydrogen) atoms. The second-order valence-electron chi connectivity index (χ2n) is 5.81. The zero-order valence-electron chi connectivity index (χ0n) is 11.3. The highest BCUT2D eigenvalue weighted by Crippen LogP contribution is 2.35. The fraction of sp³-hybridized carbons (Fsp3) is 0.733. The minimum Gasteiger partial charge on any atom is -0.465 e. The quantitative estimate of drug-likeness (QED) is 0.775. The molecule has 0 radical (unpaired) electrons. The number of rotatable bonds is 7. The van der Waals surface area contributed by atoms with Crippen molar-refractivity contribution >= 4 is 0 Å². The first-order chi connectivity index (χ1) is 8.15. The summed E-state index contributed by atoms with van der Waals surface area (Å²) in [5.74, 6) is 3.80. The maximum absolute atomic E-state index is 5.60. The van der Waals surface area contributed by atoms with Gasteiger partial charge in [0.25, 0.3) is 0 Å². The number of furan rings is 1. The van der Waals surface area contributed by atoms with Gasteiger partial charge in [-0.2, -0.15) is 0 Å². The van der Waals surface area contributed by atoms with Crippen LogP contribution in [-0.2, 0) is 6.54 Å². The molecule has 1 N–H and O–H groups in total. The molecule has 1 aromatic rings. The van der Waals surface area contributed by atoms with Crippen molar-refractivity contribution in [2.24, 2.45) is 11.8 Å². The fourth-order valence-electron chi connectivity index (χ4n) is 2.33. The first-order valence-electron chi connectivity index (χ1n) is 6.94. The number of aryl methyl sites for hydroxylation is 1. The van der Waals surface area contributed by atoms with Crippen LogP contribution in [0.15, 0.2) is 16.5 Å². The van der Waals surface area contributed by atoms with Crippen molar-refractivity contribution in [3.8, 4) is 0 Å². The molecule has 96 valence electrons. The van der Waals surface area contributed by atoms with Crippen molar-refractivity contribution in [3.05, 3.63) is 23.7 Å². The van der Waals surface area contributed by atoms with Gasteiger partial charge in [0.05, 0.1) is 6.54 Å². The zero-order valence-corrected chi connectivity index (χ0v) is 11.3. The van der Waals surface area contributed by atoms with E-state index in [0.717, 1.165) is 29.9 Å². The molecular weight excluding hydrogens is 210 g/mol. The summed E-state index contributed by atoms with van der Waals surface area (Å²) in [6, 6.07) is 4.81. The van der Waals surface area contributed by atoms with Crippen LogP contribution in [0.2, 0.25) is 0 Å². The third-order valence-electron chi connectivity index (χ3n) is 3.58. The van der Waals surface area contributed by atoms with Gasteiger partial charge in [0.1, 0.15) is 11.5 Å². The maximum atomic E-state index is 5.60. The fourth-order valence-corrected chi connectivity index (χ4v) is 2.33. The van der Waals surface area contributed by atoms with Gasteiger partial charge in [-0.15, -0.1) is 0 Å². The van der Waals surface area contributed by atoms with Crippen molar-refractivity contribution in [1.82, 2.24) is 5.32 Å². The normalized spacial score (nSPS) is 17.6. The summed E-state index contributed by atoms with van der Waals surface area (Å²) in [4.78, 5) is 0. The zero-order chi connectivity index (χ0) is 12.3. The number of hydrogen-bond acceptors (Lipinski definition) is 2. The Kier molecular flexibility index (Phi) is 4.27. The SMILES string of the molecule is Cc1ccc(CNC(CCC(C)C)C2CC2)o1. The molecule has 2 heteroatoms. The van der Waals surface area contributed by atoms with Crippen LogP contribution < -0.4 is 5.32 Å². The van der Waals surface area contributed by atoms with Gasteiger partial charge in [0.2, 0.25) is 0 Å². The summed E-state index contributed by atoms with van der Waals surface area (Å²) in [5.41, 5.74) is 0. The Morgan fingerprint density at radius 3 is 2.59 bits per heavy atom. The van der Waals surface area contributed by atoms with E-state index in [0.29, 0.717) is 6.04 Å². The first-order valence-corrected chi connectivity index (χ1v) is 6.94. The molecule has 1 aliphatic carbocycles. The van der Waals surface area contributed by atoms with E-state index in [1.54, 1.807) is 0 Å². The molecule has 0 aliphatic heterocycles. The molecule has 1 heterocycles. The van der Waals surface area contributed by atoms with Gasteiger partial charge in [-0.25, -0.2) is 0 Å². The summed E-state index contributed by atoms with van der Waals surface area (Å²) in [6.07, 6.45) is 5.45. The van der Waals surface area contributed by atoms with E-state index in [2.05, 4.69) is 25.2 Å². The molecule has 0 saturated heterocycles. The van der Waals surface area contributed by atoms with Crippen molar-refractivity contribution in [2.45, 2.75) is 59.0 Å². The Balaban J connectivity index is 1.77. The van der Waals surface area contributed by atoms with Gasteiger partial charge in [0.15, 0.2) is 0 Å². The topological polar surface area (TPSA) is 25.2 Å². The van der Waals surface area contributed by atoms with Gasteiger partial charge in [-0.3, -0.25) is 0 Å². The number of nitrogens with one attached hydrogen (secondary N) is 1. The Labute approximate surface area is 105 Å². The molecule has 1 fully saturated rings. The third kappa shape index (κ3) is 4.19. The van der Waals surface area contributed by atoms with Crippen molar-refractivity contribution < 1.29 is 4.42 Å². The van der Waals surface area contributed by atoms with Gasteiger partial charge in [0, 0.05) is 6.04 Å². The van der Waals surface area contributed by atoms with Gasteiger partial charge < -0.3 is 9.73 Å². The average molecular weight is 235 g/mol. The molecule has 2 rings (SSSR count). The van der Waals surface area contributed by atoms with Crippen molar-refractivity contribution in [3.63, 3.8) is 0 Å². The summed E-state index contributed by atoms with van der Waals surface area (Å²) in [6.45, 7) is 7.49. The second kappa shape index (κ2) is 5.72. The van der Waals surface area contributed by atoms with Crippen LogP contribution in [0.25, 0.3) is 0 Å². The van der Waals surface area contributed by atoms with Crippen LogP contribution in [0, 0.1) is 18.8 Å². The Morgan fingerprint density at radius 2 is 2.06 bits per heavy atom. The Bertz CT molecular complexity index is 338. The van der Waals surface area contributed by atoms with E-state index in [1.165, 1.54) is 25.7 Å². The molecule has 0 spiro atoms. The second-order valence-corrected chi connectivity index (χ2v) is 5.81. The molecule has 1 atom stereocenters. The lowest BCUT2D eigenvalue weighted by molar-refractivity contribution is 0.371. The lowest BCUT2D eigenvalue weighted by atomic mass is 10.0. The Morgan fingerprint density at radius 1 is 1.29 bits per heavy atom. The highest BCUT2D eigenvalue weighted by atomic mass is 16.3. The summed E-state index contributed by atoms with van der Waals surface area (Å²) in [5, 5.41) is 3.67. The minimum atomic E-state index is 0.697. The van der Waals surface area contributed by atoms with E-state index < -0.39 is 0 Å². The standard InChI is InChI=1S/C15H25NO/c1-11(2)4-9-15(13-6-7-13)16-10-14-8-5-12(3)17-14/h5,8,11,13,15-16H,4,6-7,9-10H2,1-3H3. The monoisotopic (exact) mass is 235 g/mol. The predicted molar refractivity (Wildman–Crippen MR) is 70.9 cm³/mol. The van der Waals surface area contributed by atoms with Crippen molar-refractivity contribution in [2.75, 3.05) is 0 Å². The van der Waals surface area contributed by atoms with E-state index in [-0.39, 0.29) is 0 Å². The average Bonchev–Trinajstić information content (AvgIpc) is 3.02. The van der Waals surface area contributed by atoms with Crippen LogP contribution in [0.4, 0.5) is 0 Å². The molecule has 0 bridgehead atoms. The lowest BCUT2D eigenvalue weighted by Gasteiger charge is -2.18. The molecule has 0 amide bonds. The number of hydrogen-bond donors (Lipinski definition) is 1. The predicted octanol–water partition coefficient (Wildman–Crippen LogP) is 3.89. The minimum absolute atomic E-state index is 0.697.